The van der Waals surface area contributed by atoms with Crippen LogP contribution in [0.2, 0.25) is 10.0 Å². The van der Waals surface area contributed by atoms with E-state index in [2.05, 4.69) is 20.8 Å². The quantitative estimate of drug-likeness (QED) is 0.187. The standard InChI is InChI=1S/C10H7ClN4O2S.C10H9ClN4S/c11-7-1-3-8(4-2-7)12-10(18)14-6-5-9(13-14)15(16)17;11-7-1-3-8(4-2-7)13-10(16)15-6-5-9(12)14-15/h1-6H,(H,12,18);1-6H,(H2,12,14)(H,13,16). The Hall–Kier alpha value is -3.58. The number of rotatable bonds is 3. The van der Waals surface area contributed by atoms with Crippen LogP contribution in [0.4, 0.5) is 23.0 Å². The van der Waals surface area contributed by atoms with Gasteiger partial charge < -0.3 is 26.5 Å². The van der Waals surface area contributed by atoms with Crippen molar-refractivity contribution in [2.45, 2.75) is 0 Å². The fourth-order valence-electron chi connectivity index (χ4n) is 2.40. The molecule has 0 aliphatic carbocycles. The minimum Gasteiger partial charge on any atom is -0.382 e. The third-order valence-corrected chi connectivity index (χ3v) is 5.06. The number of hydrogen-bond donors (Lipinski definition) is 3. The number of nitrogens with two attached hydrogens (primary N) is 1. The van der Waals surface area contributed by atoms with Gasteiger partial charge in [0.25, 0.3) is 0 Å². The zero-order valence-electron chi connectivity index (χ0n) is 17.1. The molecule has 10 nitrogen and oxygen atoms in total. The normalized spacial score (nSPS) is 10.1. The van der Waals surface area contributed by atoms with Crippen LogP contribution >= 0.6 is 47.6 Å². The van der Waals surface area contributed by atoms with Gasteiger partial charge in [-0.3, -0.25) is 0 Å². The molecule has 0 aliphatic heterocycles. The zero-order chi connectivity index (χ0) is 24.7. The fraction of sp³-hybridized carbons (Fsp3) is 0. The van der Waals surface area contributed by atoms with Crippen molar-refractivity contribution in [3.63, 3.8) is 0 Å². The van der Waals surface area contributed by atoms with Gasteiger partial charge in [-0.2, -0.15) is 0 Å². The molecule has 2 heterocycles. The molecule has 0 unspecified atom stereocenters. The van der Waals surface area contributed by atoms with E-state index in [0.717, 1.165) is 11.4 Å². The molecular weight excluding hydrogens is 519 g/mol. The van der Waals surface area contributed by atoms with Gasteiger partial charge in [0.05, 0.1) is 17.4 Å². The number of benzene rings is 2. The summed E-state index contributed by atoms with van der Waals surface area (Å²) in [6.07, 6.45) is 3.12. The van der Waals surface area contributed by atoms with Crippen molar-refractivity contribution in [1.82, 2.24) is 19.6 Å². The SMILES string of the molecule is Nc1ccn(C(=S)Nc2ccc(Cl)cc2)n1.O=[N+]([O-])c1ccn(C(=S)Nc2ccc(Cl)cc2)n1. The second-order valence-electron chi connectivity index (χ2n) is 6.43. The van der Waals surface area contributed by atoms with E-state index in [1.165, 1.54) is 21.6 Å². The van der Waals surface area contributed by atoms with Crippen molar-refractivity contribution >= 4 is 80.9 Å². The third kappa shape index (κ3) is 7.22. The van der Waals surface area contributed by atoms with Gasteiger partial charge in [0, 0.05) is 33.7 Å². The molecule has 0 saturated heterocycles. The van der Waals surface area contributed by atoms with E-state index in [9.17, 15) is 10.1 Å². The highest BCUT2D eigenvalue weighted by molar-refractivity contribution is 7.80. The molecule has 0 aliphatic rings. The first-order chi connectivity index (χ1) is 16.2. The summed E-state index contributed by atoms with van der Waals surface area (Å²) in [5, 5.41) is 26.1. The van der Waals surface area contributed by atoms with Crippen LogP contribution in [0.25, 0.3) is 0 Å². The van der Waals surface area contributed by atoms with Crippen molar-refractivity contribution in [3.8, 4) is 0 Å². The molecule has 0 atom stereocenters. The Balaban J connectivity index is 0.000000192. The first kappa shape index (κ1) is 25.1. The first-order valence-electron chi connectivity index (χ1n) is 9.36. The number of nitrogen functional groups attached to an aromatic ring is 1. The maximum absolute atomic E-state index is 10.5. The average Bonchev–Trinajstić information content (AvgIpc) is 3.47. The smallest absolute Gasteiger partial charge is 0.382 e. The second-order valence-corrected chi connectivity index (χ2v) is 8.08. The van der Waals surface area contributed by atoms with Crippen LogP contribution in [-0.2, 0) is 0 Å². The molecule has 0 saturated carbocycles. The van der Waals surface area contributed by atoms with Gasteiger partial charge in [0.15, 0.2) is 5.11 Å². The second kappa shape index (κ2) is 11.5. The Morgan fingerprint density at radius 2 is 1.26 bits per heavy atom. The number of halogens is 2. The van der Waals surface area contributed by atoms with Crippen molar-refractivity contribution in [2.75, 3.05) is 16.4 Å². The molecule has 14 heteroatoms. The summed E-state index contributed by atoms with van der Waals surface area (Å²) in [7, 11) is 0. The summed E-state index contributed by atoms with van der Waals surface area (Å²) in [4.78, 5) is 9.90. The Kier molecular flexibility index (Phi) is 8.49. The molecule has 0 fully saturated rings. The predicted octanol–water partition coefficient (Wildman–Crippen LogP) is 5.05. The summed E-state index contributed by atoms with van der Waals surface area (Å²) in [5.74, 6) is 0.176. The molecule has 4 N–H and O–H groups in total. The van der Waals surface area contributed by atoms with Crippen molar-refractivity contribution in [3.05, 3.63) is 93.2 Å². The molecule has 4 rings (SSSR count). The van der Waals surface area contributed by atoms with Crippen LogP contribution in [-0.4, -0.2) is 34.7 Å². The number of hydrogen-bond acceptors (Lipinski definition) is 7. The minimum atomic E-state index is -0.582. The van der Waals surface area contributed by atoms with Gasteiger partial charge in [-0.15, -0.1) is 9.78 Å². The maximum Gasteiger partial charge on any atom is 0.390 e. The van der Waals surface area contributed by atoms with Crippen molar-refractivity contribution in [2.24, 2.45) is 0 Å². The van der Waals surface area contributed by atoms with Gasteiger partial charge in [-0.05, 0) is 77.9 Å². The van der Waals surface area contributed by atoms with E-state index in [4.69, 9.17) is 53.4 Å². The Labute approximate surface area is 214 Å². The summed E-state index contributed by atoms with van der Waals surface area (Å²) < 4.78 is 2.72. The average molecular weight is 535 g/mol. The number of aromatic nitrogens is 4. The molecule has 2 aromatic carbocycles. The molecule has 34 heavy (non-hydrogen) atoms. The zero-order valence-corrected chi connectivity index (χ0v) is 20.3. The van der Waals surface area contributed by atoms with E-state index in [-0.39, 0.29) is 10.9 Å². The van der Waals surface area contributed by atoms with E-state index < -0.39 is 4.92 Å². The van der Waals surface area contributed by atoms with Gasteiger partial charge in [-0.25, -0.2) is 4.68 Å². The lowest BCUT2D eigenvalue weighted by Gasteiger charge is -2.07. The van der Waals surface area contributed by atoms with Crippen molar-refractivity contribution in [1.29, 1.82) is 0 Å². The van der Waals surface area contributed by atoms with E-state index >= 15 is 0 Å². The molecular formula is C20H16Cl2N8O2S2. The molecule has 4 aromatic rings. The summed E-state index contributed by atoms with van der Waals surface area (Å²) in [6.45, 7) is 0. The minimum absolute atomic E-state index is 0.241. The lowest BCUT2D eigenvalue weighted by molar-refractivity contribution is -0.389. The van der Waals surface area contributed by atoms with Gasteiger partial charge in [0.2, 0.25) is 5.11 Å². The molecule has 0 bridgehead atoms. The lowest BCUT2D eigenvalue weighted by atomic mass is 10.3. The van der Waals surface area contributed by atoms with Crippen LogP contribution in [0.15, 0.2) is 73.1 Å². The van der Waals surface area contributed by atoms with Gasteiger partial charge in [-0.1, -0.05) is 23.2 Å². The summed E-state index contributed by atoms with van der Waals surface area (Å²) >= 11 is 21.7. The largest absolute Gasteiger partial charge is 0.390 e. The number of nitrogens with zero attached hydrogens (tertiary/aromatic N) is 5. The van der Waals surface area contributed by atoms with Crippen LogP contribution < -0.4 is 16.4 Å². The molecule has 174 valence electrons. The predicted molar refractivity (Wildman–Crippen MR) is 142 cm³/mol. The maximum atomic E-state index is 10.5. The third-order valence-electron chi connectivity index (χ3n) is 3.98. The van der Waals surface area contributed by atoms with Gasteiger partial charge >= 0.3 is 5.82 Å². The number of nitrogens with one attached hydrogen (secondary N) is 2. The van der Waals surface area contributed by atoms with Crippen LogP contribution in [0.1, 0.15) is 0 Å². The topological polar surface area (TPSA) is 129 Å². The van der Waals surface area contributed by atoms with Crippen molar-refractivity contribution < 1.29 is 4.92 Å². The fourth-order valence-corrected chi connectivity index (χ4v) is 3.09. The number of anilines is 3. The van der Waals surface area contributed by atoms with Crippen LogP contribution in [0, 0.1) is 10.1 Å². The molecule has 0 amide bonds. The molecule has 0 spiro atoms. The first-order valence-corrected chi connectivity index (χ1v) is 10.9. The highest BCUT2D eigenvalue weighted by Gasteiger charge is 2.13. The van der Waals surface area contributed by atoms with E-state index in [0.29, 0.717) is 21.0 Å². The Bertz CT molecular complexity index is 1310. The Morgan fingerprint density at radius 1 is 0.824 bits per heavy atom. The molecule has 0 radical (unpaired) electrons. The monoisotopic (exact) mass is 534 g/mol. The molecule has 2 aromatic heterocycles. The van der Waals surface area contributed by atoms with Crippen LogP contribution in [0.3, 0.4) is 0 Å². The van der Waals surface area contributed by atoms with E-state index in [1.54, 1.807) is 48.7 Å². The van der Waals surface area contributed by atoms with E-state index in [1.807, 2.05) is 12.1 Å². The van der Waals surface area contributed by atoms with Gasteiger partial charge in [0.1, 0.15) is 5.82 Å². The van der Waals surface area contributed by atoms with Crippen LogP contribution in [0.5, 0.6) is 0 Å². The Morgan fingerprint density at radius 3 is 1.65 bits per heavy atom. The lowest BCUT2D eigenvalue weighted by Crippen LogP contribution is -2.19. The highest BCUT2D eigenvalue weighted by Crippen LogP contribution is 2.15. The summed E-state index contributed by atoms with van der Waals surface area (Å²) in [6, 6.07) is 17.1. The number of thiocarbonyl (C=S) groups is 2. The number of nitro groups is 1. The highest BCUT2D eigenvalue weighted by atomic mass is 35.5. The summed E-state index contributed by atoms with van der Waals surface area (Å²) in [5.41, 5.74) is 7.07.